The van der Waals surface area contributed by atoms with Crippen LogP contribution in [0.1, 0.15) is 13.3 Å². The zero-order chi connectivity index (χ0) is 18.4. The third kappa shape index (κ3) is 5.02. The Morgan fingerprint density at radius 3 is 2.62 bits per heavy atom. The van der Waals surface area contributed by atoms with Crippen LogP contribution in [0, 0.1) is 0 Å². The number of benzene rings is 1. The topological polar surface area (TPSA) is 61.4 Å². The molecule has 7 nitrogen and oxygen atoms in total. The van der Waals surface area contributed by atoms with Gasteiger partial charge in [0.05, 0.1) is 13.2 Å². The van der Waals surface area contributed by atoms with Crippen molar-refractivity contribution in [1.29, 1.82) is 0 Å². The number of likely N-dealkylation sites (N-methyl/N-ethyl adjacent to an activating group) is 1. The summed E-state index contributed by atoms with van der Waals surface area (Å²) < 4.78 is 11.4. The molecule has 3 rings (SSSR count). The summed E-state index contributed by atoms with van der Waals surface area (Å²) >= 11 is 0. The van der Waals surface area contributed by atoms with E-state index in [-0.39, 0.29) is 0 Å². The summed E-state index contributed by atoms with van der Waals surface area (Å²) in [6.07, 6.45) is 0.908. The van der Waals surface area contributed by atoms with Crippen LogP contribution in [0.25, 0.3) is 0 Å². The molecule has 0 bridgehead atoms. The summed E-state index contributed by atoms with van der Waals surface area (Å²) in [7, 11) is 3.97. The molecule has 0 aromatic heterocycles. The smallest absolute Gasteiger partial charge is 0.195 e. The molecule has 1 aromatic carbocycles. The summed E-state index contributed by atoms with van der Waals surface area (Å²) in [4.78, 5) is 9.24. The quantitative estimate of drug-likeness (QED) is 0.626. The number of nitrogens with one attached hydrogen (secondary N) is 2. The number of hydrogen-bond donors (Lipinski definition) is 2. The normalized spacial score (nSPS) is 20.3. The second-order valence-electron chi connectivity index (χ2n) is 6.98. The Balaban J connectivity index is 1.52. The second-order valence-corrected chi connectivity index (χ2v) is 6.98. The number of fused-ring (bicyclic) bond motifs is 1. The largest absolute Gasteiger partial charge is 0.490 e. The van der Waals surface area contributed by atoms with Gasteiger partial charge in [-0.25, -0.2) is 0 Å². The molecule has 2 aliphatic rings. The lowest BCUT2D eigenvalue weighted by atomic mass is 10.2. The number of hydrogen-bond acceptors (Lipinski definition) is 5. The second kappa shape index (κ2) is 9.09. The van der Waals surface area contributed by atoms with Crippen LogP contribution in [-0.4, -0.2) is 81.8 Å². The standard InChI is InChI=1S/C19H31N5O2/c1-15(24-9-7-23(3)8-10-24)14-21-19(20-2)22-16-5-6-17-18(13-16)26-12-4-11-25-17/h5-6,13,15H,4,7-12,14H2,1-3H3,(H2,20,21,22). The molecule has 7 heteroatoms. The van der Waals surface area contributed by atoms with Crippen LogP contribution in [-0.2, 0) is 0 Å². The molecule has 1 saturated heterocycles. The van der Waals surface area contributed by atoms with E-state index < -0.39 is 0 Å². The van der Waals surface area contributed by atoms with Gasteiger partial charge >= 0.3 is 0 Å². The van der Waals surface area contributed by atoms with Gasteiger partial charge in [-0.3, -0.25) is 9.89 Å². The molecule has 0 amide bonds. The molecule has 1 fully saturated rings. The first-order valence-electron chi connectivity index (χ1n) is 9.45. The lowest BCUT2D eigenvalue weighted by Gasteiger charge is -2.36. The fraction of sp³-hybridized carbons (Fsp3) is 0.632. The molecule has 1 unspecified atom stereocenters. The monoisotopic (exact) mass is 361 g/mol. The Morgan fingerprint density at radius 2 is 1.88 bits per heavy atom. The molecule has 2 aliphatic heterocycles. The van der Waals surface area contributed by atoms with E-state index in [1.165, 1.54) is 0 Å². The fourth-order valence-electron chi connectivity index (χ4n) is 3.19. The molecular formula is C19H31N5O2. The molecule has 0 spiro atoms. The maximum absolute atomic E-state index is 5.75. The number of guanidine groups is 1. The Kier molecular flexibility index (Phi) is 6.57. The maximum atomic E-state index is 5.75. The van der Waals surface area contributed by atoms with Crippen molar-refractivity contribution in [2.75, 3.05) is 65.3 Å². The third-order valence-electron chi connectivity index (χ3n) is 4.96. The van der Waals surface area contributed by atoms with E-state index in [1.54, 1.807) is 7.05 Å². The minimum Gasteiger partial charge on any atom is -0.490 e. The molecule has 26 heavy (non-hydrogen) atoms. The maximum Gasteiger partial charge on any atom is 0.195 e. The number of piperazine rings is 1. The number of anilines is 1. The van der Waals surface area contributed by atoms with E-state index in [9.17, 15) is 0 Å². The Morgan fingerprint density at radius 1 is 1.15 bits per heavy atom. The van der Waals surface area contributed by atoms with Gasteiger partial charge in [-0.1, -0.05) is 0 Å². The highest BCUT2D eigenvalue weighted by molar-refractivity contribution is 5.93. The van der Waals surface area contributed by atoms with Gasteiger partial charge in [0.15, 0.2) is 17.5 Å². The Hall–Kier alpha value is -1.99. The van der Waals surface area contributed by atoms with Crippen molar-refractivity contribution < 1.29 is 9.47 Å². The number of rotatable bonds is 4. The van der Waals surface area contributed by atoms with E-state index in [1.807, 2.05) is 18.2 Å². The lowest BCUT2D eigenvalue weighted by molar-refractivity contribution is 0.120. The van der Waals surface area contributed by atoms with Gasteiger partial charge in [-0.05, 0) is 26.1 Å². The molecular weight excluding hydrogens is 330 g/mol. The summed E-state index contributed by atoms with van der Waals surface area (Å²) in [5, 5.41) is 6.77. The zero-order valence-corrected chi connectivity index (χ0v) is 16.1. The molecule has 0 saturated carbocycles. The van der Waals surface area contributed by atoms with Crippen LogP contribution in [0.5, 0.6) is 11.5 Å². The molecule has 2 heterocycles. The molecule has 2 N–H and O–H groups in total. The van der Waals surface area contributed by atoms with Crippen molar-refractivity contribution in [2.45, 2.75) is 19.4 Å². The summed E-state index contributed by atoms with van der Waals surface area (Å²) in [5.41, 5.74) is 0.939. The minimum atomic E-state index is 0.464. The van der Waals surface area contributed by atoms with Crippen LogP contribution < -0.4 is 20.1 Å². The summed E-state index contributed by atoms with van der Waals surface area (Å²) in [6, 6.07) is 6.37. The van der Waals surface area contributed by atoms with Crippen LogP contribution >= 0.6 is 0 Å². The minimum absolute atomic E-state index is 0.464. The van der Waals surface area contributed by atoms with E-state index in [4.69, 9.17) is 9.47 Å². The first-order valence-corrected chi connectivity index (χ1v) is 9.45. The van der Waals surface area contributed by atoms with Crippen molar-refractivity contribution in [3.05, 3.63) is 18.2 Å². The van der Waals surface area contributed by atoms with Crippen molar-refractivity contribution in [1.82, 2.24) is 15.1 Å². The van der Waals surface area contributed by atoms with Crippen LogP contribution in [0.4, 0.5) is 5.69 Å². The third-order valence-corrected chi connectivity index (χ3v) is 4.96. The van der Waals surface area contributed by atoms with E-state index in [0.29, 0.717) is 19.3 Å². The average Bonchev–Trinajstić information content (AvgIpc) is 2.90. The fourth-order valence-corrected chi connectivity index (χ4v) is 3.19. The molecule has 144 valence electrons. The zero-order valence-electron chi connectivity index (χ0n) is 16.1. The molecule has 1 atom stereocenters. The van der Waals surface area contributed by atoms with Crippen LogP contribution in [0.3, 0.4) is 0 Å². The highest BCUT2D eigenvalue weighted by atomic mass is 16.5. The van der Waals surface area contributed by atoms with E-state index >= 15 is 0 Å². The highest BCUT2D eigenvalue weighted by Gasteiger charge is 2.19. The molecule has 0 aliphatic carbocycles. The van der Waals surface area contributed by atoms with Gasteiger partial charge in [-0.2, -0.15) is 0 Å². The van der Waals surface area contributed by atoms with Crippen molar-refractivity contribution in [3.8, 4) is 11.5 Å². The van der Waals surface area contributed by atoms with Crippen LogP contribution in [0.2, 0.25) is 0 Å². The average molecular weight is 361 g/mol. The summed E-state index contributed by atoms with van der Waals surface area (Å²) in [5.74, 6) is 2.36. The summed E-state index contributed by atoms with van der Waals surface area (Å²) in [6.45, 7) is 9.01. The van der Waals surface area contributed by atoms with Gasteiger partial charge in [0.25, 0.3) is 0 Å². The van der Waals surface area contributed by atoms with Crippen LogP contribution in [0.15, 0.2) is 23.2 Å². The Labute approximate surface area is 156 Å². The van der Waals surface area contributed by atoms with E-state index in [2.05, 4.69) is 39.4 Å². The van der Waals surface area contributed by atoms with Gasteiger partial charge in [0.2, 0.25) is 0 Å². The predicted octanol–water partition coefficient (Wildman–Crippen LogP) is 1.47. The first kappa shape index (κ1) is 18.8. The molecule has 0 radical (unpaired) electrons. The Bertz CT molecular complexity index is 614. The van der Waals surface area contributed by atoms with Gasteiger partial charge in [0.1, 0.15) is 0 Å². The first-order chi connectivity index (χ1) is 12.7. The SMILES string of the molecule is CN=C(NCC(C)N1CCN(C)CC1)Nc1ccc2c(c1)OCCCO2. The van der Waals surface area contributed by atoms with Crippen molar-refractivity contribution in [3.63, 3.8) is 0 Å². The molecule has 1 aromatic rings. The van der Waals surface area contributed by atoms with E-state index in [0.717, 1.165) is 62.3 Å². The lowest BCUT2D eigenvalue weighted by Crippen LogP contribution is -2.51. The predicted molar refractivity (Wildman–Crippen MR) is 106 cm³/mol. The van der Waals surface area contributed by atoms with Crippen molar-refractivity contribution >= 4 is 11.6 Å². The van der Waals surface area contributed by atoms with Crippen molar-refractivity contribution in [2.24, 2.45) is 4.99 Å². The van der Waals surface area contributed by atoms with Gasteiger partial charge in [0, 0.05) is 64.0 Å². The van der Waals surface area contributed by atoms with Gasteiger partial charge in [-0.15, -0.1) is 0 Å². The number of nitrogens with zero attached hydrogens (tertiary/aromatic N) is 3. The number of aliphatic imine (C=N–C) groups is 1. The highest BCUT2D eigenvalue weighted by Crippen LogP contribution is 2.32. The number of ether oxygens (including phenoxy) is 2. The van der Waals surface area contributed by atoms with Gasteiger partial charge < -0.3 is 25.0 Å².